The van der Waals surface area contributed by atoms with Gasteiger partial charge >= 0.3 is 0 Å². The fourth-order valence-electron chi connectivity index (χ4n) is 5.58. The Morgan fingerprint density at radius 3 is 2.58 bits per heavy atom. The van der Waals surface area contributed by atoms with Crippen LogP contribution in [0.3, 0.4) is 0 Å². The van der Waals surface area contributed by atoms with E-state index in [4.69, 9.17) is 16.6 Å². The van der Waals surface area contributed by atoms with Gasteiger partial charge in [0.05, 0.1) is 10.9 Å². The number of alkyl halides is 2. The highest BCUT2D eigenvalue weighted by Gasteiger charge is 2.37. The lowest BCUT2D eigenvalue weighted by atomic mass is 9.71. The number of piperidine rings is 1. The highest BCUT2D eigenvalue weighted by molar-refractivity contribution is 6.30. The van der Waals surface area contributed by atoms with Crippen molar-refractivity contribution in [1.82, 2.24) is 19.8 Å². The van der Waals surface area contributed by atoms with E-state index in [1.54, 1.807) is 18.2 Å². The van der Waals surface area contributed by atoms with Crippen molar-refractivity contribution >= 4 is 28.4 Å². The van der Waals surface area contributed by atoms with Crippen molar-refractivity contribution in [2.24, 2.45) is 5.92 Å². The third kappa shape index (κ3) is 5.91. The number of nitrogens with one attached hydrogen (secondary N) is 1. The molecule has 1 aliphatic heterocycles. The van der Waals surface area contributed by atoms with Crippen molar-refractivity contribution in [3.05, 3.63) is 63.4 Å². The van der Waals surface area contributed by atoms with E-state index in [0.717, 1.165) is 24.9 Å². The van der Waals surface area contributed by atoms with Gasteiger partial charge in [0.2, 0.25) is 5.91 Å². The second-order valence-corrected chi connectivity index (χ2v) is 11.5. The minimum atomic E-state index is -2.52. The molecule has 1 saturated heterocycles. The van der Waals surface area contributed by atoms with Crippen LogP contribution in [0.1, 0.15) is 51.0 Å². The summed E-state index contributed by atoms with van der Waals surface area (Å²) in [6.45, 7) is 5.35. The third-order valence-corrected chi connectivity index (χ3v) is 7.86. The summed E-state index contributed by atoms with van der Waals surface area (Å²) in [6, 6.07) is 12.8. The van der Waals surface area contributed by atoms with Crippen LogP contribution in [0.5, 0.6) is 0 Å². The smallest absolute Gasteiger partial charge is 0.262 e. The van der Waals surface area contributed by atoms with Gasteiger partial charge in [-0.3, -0.25) is 14.2 Å². The Morgan fingerprint density at radius 2 is 1.89 bits per heavy atom. The first-order chi connectivity index (χ1) is 18.1. The predicted molar refractivity (Wildman–Crippen MR) is 146 cm³/mol. The molecular weight excluding hydrogens is 510 g/mol. The zero-order valence-corrected chi connectivity index (χ0v) is 22.5. The van der Waals surface area contributed by atoms with E-state index in [0.29, 0.717) is 52.2 Å². The van der Waals surface area contributed by atoms with Gasteiger partial charge in [-0.15, -0.1) is 0 Å². The van der Waals surface area contributed by atoms with E-state index < -0.39 is 5.92 Å². The van der Waals surface area contributed by atoms with Gasteiger partial charge in [0.1, 0.15) is 12.4 Å². The molecule has 2 aliphatic rings. The largest absolute Gasteiger partial charge is 0.352 e. The number of nitrogens with zero attached hydrogens (tertiary/aromatic N) is 3. The summed E-state index contributed by atoms with van der Waals surface area (Å²) in [6.07, 6.45) is 1.83. The normalized spacial score (nSPS) is 21.4. The number of fused-ring (bicyclic) bond motifs is 1. The van der Waals surface area contributed by atoms with Crippen molar-refractivity contribution in [1.29, 1.82) is 0 Å². The number of hydrogen-bond donors (Lipinski definition) is 1. The quantitative estimate of drug-likeness (QED) is 0.430. The zero-order chi connectivity index (χ0) is 27.0. The Labute approximate surface area is 226 Å². The predicted octanol–water partition coefficient (Wildman–Crippen LogP) is 5.47. The molecule has 5 rings (SSSR count). The maximum absolute atomic E-state index is 13.7. The molecule has 3 aromatic rings. The summed E-state index contributed by atoms with van der Waals surface area (Å²) >= 11 is 6.21. The van der Waals surface area contributed by atoms with E-state index in [-0.39, 0.29) is 36.9 Å². The van der Waals surface area contributed by atoms with Gasteiger partial charge < -0.3 is 10.2 Å². The van der Waals surface area contributed by atoms with Gasteiger partial charge in [-0.2, -0.15) is 0 Å². The average molecular weight is 543 g/mol. The fraction of sp³-hybridized carbons (Fsp3) is 0.483. The van der Waals surface area contributed by atoms with Gasteiger partial charge in [0.15, 0.2) is 0 Å². The molecule has 1 amide bonds. The molecule has 0 atom stereocenters. The van der Waals surface area contributed by atoms with E-state index >= 15 is 0 Å². The molecule has 1 aromatic heterocycles. The second-order valence-electron chi connectivity index (χ2n) is 11.0. The lowest BCUT2D eigenvalue weighted by Crippen LogP contribution is -2.43. The van der Waals surface area contributed by atoms with Gasteiger partial charge in [-0.05, 0) is 68.4 Å². The summed E-state index contributed by atoms with van der Waals surface area (Å²) in [5, 5.41) is 3.84. The van der Waals surface area contributed by atoms with Crippen molar-refractivity contribution in [2.45, 2.75) is 64.0 Å². The second kappa shape index (κ2) is 10.7. The molecular formula is C29H33ClF2N4O2. The van der Waals surface area contributed by atoms with Gasteiger partial charge in [-0.25, -0.2) is 13.8 Å². The van der Waals surface area contributed by atoms with E-state index in [1.807, 2.05) is 38.1 Å². The van der Waals surface area contributed by atoms with E-state index in [9.17, 15) is 18.4 Å². The molecule has 6 nitrogen and oxygen atoms in total. The molecule has 38 heavy (non-hydrogen) atoms. The van der Waals surface area contributed by atoms with Crippen LogP contribution >= 0.6 is 11.6 Å². The Balaban J connectivity index is 1.39. The Hall–Kier alpha value is -2.84. The van der Waals surface area contributed by atoms with Crippen molar-refractivity contribution in [3.63, 3.8) is 0 Å². The molecule has 2 aromatic carbocycles. The summed E-state index contributed by atoms with van der Waals surface area (Å²) in [4.78, 5) is 33.3. The van der Waals surface area contributed by atoms with Crippen LogP contribution in [0.4, 0.5) is 8.78 Å². The number of amides is 1. The van der Waals surface area contributed by atoms with E-state index in [2.05, 4.69) is 10.2 Å². The van der Waals surface area contributed by atoms with Crippen molar-refractivity contribution < 1.29 is 13.6 Å². The van der Waals surface area contributed by atoms with Crippen molar-refractivity contribution in [2.75, 3.05) is 19.6 Å². The SMILES string of the molecule is CC(C)NC(=O)Cn1c(-c2cccc(Cl)c2)nc2ccc(C3CC(CN4CCC(F)(F)CC4)C3)cc2c1=O. The molecule has 1 saturated carbocycles. The molecule has 202 valence electrons. The minimum absolute atomic E-state index is 0.0548. The van der Waals surface area contributed by atoms with Gasteiger partial charge in [0.25, 0.3) is 11.5 Å². The van der Waals surface area contributed by atoms with Crippen LogP contribution in [-0.2, 0) is 11.3 Å². The van der Waals surface area contributed by atoms with Crippen LogP contribution in [0, 0.1) is 5.92 Å². The first-order valence-corrected chi connectivity index (χ1v) is 13.7. The Morgan fingerprint density at radius 1 is 1.16 bits per heavy atom. The number of benzene rings is 2. The van der Waals surface area contributed by atoms with Crippen molar-refractivity contribution in [3.8, 4) is 11.4 Å². The highest BCUT2D eigenvalue weighted by atomic mass is 35.5. The number of halogens is 3. The highest BCUT2D eigenvalue weighted by Crippen LogP contribution is 2.43. The van der Waals surface area contributed by atoms with Gasteiger partial charge in [0, 0.05) is 49.1 Å². The summed E-state index contributed by atoms with van der Waals surface area (Å²) in [5.41, 5.74) is 2.04. The number of rotatable bonds is 7. The number of carbonyl (C=O) groups is 1. The number of hydrogen-bond acceptors (Lipinski definition) is 4. The van der Waals surface area contributed by atoms with Crippen LogP contribution < -0.4 is 10.9 Å². The first-order valence-electron chi connectivity index (χ1n) is 13.3. The maximum Gasteiger partial charge on any atom is 0.262 e. The molecule has 0 radical (unpaired) electrons. The topological polar surface area (TPSA) is 67.2 Å². The number of likely N-dealkylation sites (tertiary alicyclic amines) is 1. The molecule has 2 fully saturated rings. The molecule has 2 heterocycles. The lowest BCUT2D eigenvalue weighted by molar-refractivity contribution is -0.122. The standard InChI is InChI=1S/C29H33ClF2N4O2/c1-18(2)33-26(37)17-36-27(21-4-3-5-23(30)14-21)34-25-7-6-20(15-24(25)28(36)38)22-12-19(13-22)16-35-10-8-29(31,32)9-11-35/h3-7,14-15,18-19,22H,8-13,16-17H2,1-2H3,(H,33,37). The Kier molecular flexibility index (Phi) is 7.56. The molecule has 0 bridgehead atoms. The number of carbonyl (C=O) groups excluding carboxylic acids is 1. The summed E-state index contributed by atoms with van der Waals surface area (Å²) < 4.78 is 28.3. The molecule has 1 aliphatic carbocycles. The average Bonchev–Trinajstić information content (AvgIpc) is 2.83. The van der Waals surface area contributed by atoms with Gasteiger partial charge in [-0.1, -0.05) is 29.8 Å². The fourth-order valence-corrected chi connectivity index (χ4v) is 5.77. The first kappa shape index (κ1) is 26.8. The number of aromatic nitrogens is 2. The van der Waals surface area contributed by atoms with Crippen LogP contribution in [0.25, 0.3) is 22.3 Å². The van der Waals surface area contributed by atoms with Crippen LogP contribution in [0.15, 0.2) is 47.3 Å². The molecule has 9 heteroatoms. The molecule has 1 N–H and O–H groups in total. The molecule has 0 spiro atoms. The third-order valence-electron chi connectivity index (χ3n) is 7.62. The summed E-state index contributed by atoms with van der Waals surface area (Å²) in [7, 11) is 0. The van der Waals surface area contributed by atoms with Crippen LogP contribution in [0.2, 0.25) is 5.02 Å². The lowest BCUT2D eigenvalue weighted by Gasteiger charge is -2.41. The maximum atomic E-state index is 13.7. The Bertz CT molecular complexity index is 1390. The summed E-state index contributed by atoms with van der Waals surface area (Å²) in [5.74, 6) is -1.60. The van der Waals surface area contributed by atoms with E-state index in [1.165, 1.54) is 4.57 Å². The van der Waals surface area contributed by atoms with Crippen LogP contribution in [-0.4, -0.2) is 52.0 Å². The zero-order valence-electron chi connectivity index (χ0n) is 21.7. The molecule has 0 unspecified atom stereocenters. The monoisotopic (exact) mass is 542 g/mol. The minimum Gasteiger partial charge on any atom is -0.352 e.